The minimum absolute atomic E-state index is 0.0766. The highest BCUT2D eigenvalue weighted by Crippen LogP contribution is 2.27. The van der Waals surface area contributed by atoms with Crippen LogP contribution < -0.4 is 5.32 Å². The molecule has 7 heteroatoms. The van der Waals surface area contributed by atoms with Crippen LogP contribution in [0.2, 0.25) is 0 Å². The minimum Gasteiger partial charge on any atom is -0.341 e. The number of amides is 1. The minimum atomic E-state index is 0.0766. The van der Waals surface area contributed by atoms with Gasteiger partial charge in [0.15, 0.2) is 4.34 Å². The zero-order valence-corrected chi connectivity index (χ0v) is 17.2. The van der Waals surface area contributed by atoms with E-state index in [0.29, 0.717) is 12.3 Å². The molecule has 1 amide bonds. The Hall–Kier alpha value is -2.38. The summed E-state index contributed by atoms with van der Waals surface area (Å²) in [7, 11) is 1.84. The van der Waals surface area contributed by atoms with Gasteiger partial charge in [0.25, 0.3) is 0 Å². The van der Waals surface area contributed by atoms with Crippen LogP contribution in [0.3, 0.4) is 0 Å². The van der Waals surface area contributed by atoms with Gasteiger partial charge in [-0.2, -0.15) is 0 Å². The Morgan fingerprint density at radius 1 is 1.15 bits per heavy atom. The maximum atomic E-state index is 12.4. The summed E-state index contributed by atoms with van der Waals surface area (Å²) in [4.78, 5) is 14.2. The van der Waals surface area contributed by atoms with E-state index >= 15 is 0 Å². The molecule has 0 saturated carbocycles. The second kappa shape index (κ2) is 9.01. The van der Waals surface area contributed by atoms with Gasteiger partial charge in [-0.3, -0.25) is 4.79 Å². The van der Waals surface area contributed by atoms with Gasteiger partial charge < -0.3 is 10.2 Å². The molecule has 0 unspecified atom stereocenters. The number of nitrogens with one attached hydrogen (secondary N) is 1. The second-order valence-electron chi connectivity index (χ2n) is 6.33. The van der Waals surface area contributed by atoms with Crippen molar-refractivity contribution in [2.24, 2.45) is 0 Å². The standard InChI is InChI=1S/C20H22N4OS2/c1-14-9-10-16(15(2)11-14)12-24(3)18(25)13-26-20-23-22-19(27-20)21-17-7-5-4-6-8-17/h4-11H,12-13H2,1-3H3,(H,21,22). The van der Waals surface area contributed by atoms with E-state index < -0.39 is 0 Å². The lowest BCUT2D eigenvalue weighted by Gasteiger charge is -2.18. The van der Waals surface area contributed by atoms with Gasteiger partial charge >= 0.3 is 0 Å². The normalized spacial score (nSPS) is 10.6. The number of nitrogens with zero attached hydrogens (tertiary/aromatic N) is 3. The van der Waals surface area contributed by atoms with Crippen LogP contribution >= 0.6 is 23.1 Å². The number of anilines is 2. The predicted molar refractivity (Wildman–Crippen MR) is 113 cm³/mol. The van der Waals surface area contributed by atoms with Gasteiger partial charge in [0.1, 0.15) is 0 Å². The van der Waals surface area contributed by atoms with E-state index in [4.69, 9.17) is 0 Å². The summed E-state index contributed by atoms with van der Waals surface area (Å²) >= 11 is 2.87. The van der Waals surface area contributed by atoms with Crippen molar-refractivity contribution in [3.8, 4) is 0 Å². The third-order valence-electron chi connectivity index (χ3n) is 4.08. The molecule has 5 nitrogen and oxygen atoms in total. The van der Waals surface area contributed by atoms with Gasteiger partial charge in [-0.05, 0) is 37.1 Å². The molecule has 1 heterocycles. The van der Waals surface area contributed by atoms with E-state index in [1.54, 1.807) is 4.90 Å². The summed E-state index contributed by atoms with van der Waals surface area (Å²) in [5.74, 6) is 0.425. The van der Waals surface area contributed by atoms with Gasteiger partial charge in [-0.25, -0.2) is 0 Å². The number of benzene rings is 2. The molecular formula is C20H22N4OS2. The molecule has 3 rings (SSSR count). The number of hydrogen-bond donors (Lipinski definition) is 1. The van der Waals surface area contributed by atoms with E-state index in [2.05, 4.69) is 47.6 Å². The zero-order valence-electron chi connectivity index (χ0n) is 15.6. The Morgan fingerprint density at radius 2 is 1.93 bits per heavy atom. The molecule has 3 aromatic rings. The predicted octanol–water partition coefficient (Wildman–Crippen LogP) is 4.65. The third kappa shape index (κ3) is 5.55. The average Bonchev–Trinajstić information content (AvgIpc) is 3.10. The van der Waals surface area contributed by atoms with Gasteiger partial charge in [-0.15, -0.1) is 10.2 Å². The molecule has 0 radical (unpaired) electrons. The first-order valence-electron chi connectivity index (χ1n) is 8.60. The number of carbonyl (C=O) groups excluding carboxylic acids is 1. The number of carbonyl (C=O) groups is 1. The van der Waals surface area contributed by atoms with Crippen LogP contribution in [-0.2, 0) is 11.3 Å². The van der Waals surface area contributed by atoms with Crippen LogP contribution in [0.25, 0.3) is 0 Å². The summed E-state index contributed by atoms with van der Waals surface area (Å²) in [5, 5.41) is 12.2. The van der Waals surface area contributed by atoms with Crippen molar-refractivity contribution in [2.75, 3.05) is 18.1 Å². The smallest absolute Gasteiger partial charge is 0.233 e. The third-order valence-corrected chi connectivity index (χ3v) is 6.04. The fourth-order valence-corrected chi connectivity index (χ4v) is 4.28. The fraction of sp³-hybridized carbons (Fsp3) is 0.250. The summed E-state index contributed by atoms with van der Waals surface area (Å²) in [6.07, 6.45) is 0. The lowest BCUT2D eigenvalue weighted by Crippen LogP contribution is -2.28. The lowest BCUT2D eigenvalue weighted by molar-refractivity contribution is -0.127. The quantitative estimate of drug-likeness (QED) is 0.587. The van der Waals surface area contributed by atoms with Crippen molar-refractivity contribution < 1.29 is 4.79 Å². The SMILES string of the molecule is Cc1ccc(CN(C)C(=O)CSc2nnc(Nc3ccccc3)s2)c(C)c1. The second-order valence-corrected chi connectivity index (χ2v) is 8.53. The van der Waals surface area contributed by atoms with Crippen molar-refractivity contribution in [1.29, 1.82) is 0 Å². The summed E-state index contributed by atoms with van der Waals surface area (Å²) in [5.41, 5.74) is 4.58. The molecule has 0 aliphatic carbocycles. The highest BCUT2D eigenvalue weighted by molar-refractivity contribution is 8.01. The molecule has 2 aromatic carbocycles. The summed E-state index contributed by atoms with van der Waals surface area (Å²) in [6, 6.07) is 16.1. The molecule has 0 spiro atoms. The lowest BCUT2D eigenvalue weighted by atomic mass is 10.1. The van der Waals surface area contributed by atoms with E-state index in [9.17, 15) is 4.79 Å². The molecular weight excluding hydrogens is 376 g/mol. The maximum Gasteiger partial charge on any atom is 0.233 e. The Morgan fingerprint density at radius 3 is 2.67 bits per heavy atom. The Balaban J connectivity index is 1.51. The first-order chi connectivity index (χ1) is 13.0. The number of rotatable bonds is 7. The first kappa shape index (κ1) is 19.4. The van der Waals surface area contributed by atoms with E-state index in [1.807, 2.05) is 37.4 Å². The van der Waals surface area contributed by atoms with Gasteiger partial charge in [-0.1, -0.05) is 65.1 Å². The average molecular weight is 399 g/mol. The van der Waals surface area contributed by atoms with Crippen molar-refractivity contribution >= 4 is 39.8 Å². The van der Waals surface area contributed by atoms with Crippen molar-refractivity contribution in [2.45, 2.75) is 24.7 Å². The van der Waals surface area contributed by atoms with Crippen LogP contribution in [0.1, 0.15) is 16.7 Å². The van der Waals surface area contributed by atoms with Crippen LogP contribution in [0, 0.1) is 13.8 Å². The first-order valence-corrected chi connectivity index (χ1v) is 10.4. The number of aromatic nitrogens is 2. The van der Waals surface area contributed by atoms with Crippen LogP contribution in [0.5, 0.6) is 0 Å². The Labute approximate surface area is 167 Å². The van der Waals surface area contributed by atoms with Gasteiger partial charge in [0.2, 0.25) is 11.0 Å². The molecule has 0 aliphatic rings. The Bertz CT molecular complexity index is 911. The largest absolute Gasteiger partial charge is 0.341 e. The molecule has 140 valence electrons. The summed E-state index contributed by atoms with van der Waals surface area (Å²) < 4.78 is 0.779. The maximum absolute atomic E-state index is 12.4. The van der Waals surface area contributed by atoms with E-state index in [0.717, 1.165) is 15.2 Å². The highest BCUT2D eigenvalue weighted by atomic mass is 32.2. The molecule has 1 aromatic heterocycles. The molecule has 0 saturated heterocycles. The van der Waals surface area contributed by atoms with Gasteiger partial charge in [0.05, 0.1) is 5.75 Å². The Kier molecular flexibility index (Phi) is 6.47. The molecule has 1 N–H and O–H groups in total. The number of thioether (sulfide) groups is 1. The topological polar surface area (TPSA) is 58.1 Å². The van der Waals surface area contributed by atoms with Gasteiger partial charge in [0, 0.05) is 19.3 Å². The van der Waals surface area contributed by atoms with Crippen molar-refractivity contribution in [1.82, 2.24) is 15.1 Å². The highest BCUT2D eigenvalue weighted by Gasteiger charge is 2.13. The van der Waals surface area contributed by atoms with E-state index in [-0.39, 0.29) is 5.91 Å². The fourth-order valence-electron chi connectivity index (χ4n) is 2.56. The molecule has 0 fully saturated rings. The zero-order chi connectivity index (χ0) is 19.2. The molecule has 0 bridgehead atoms. The number of para-hydroxylation sites is 1. The molecule has 27 heavy (non-hydrogen) atoms. The van der Waals surface area contributed by atoms with Crippen molar-refractivity contribution in [3.05, 3.63) is 65.2 Å². The van der Waals surface area contributed by atoms with Crippen LogP contribution in [-0.4, -0.2) is 33.8 Å². The molecule has 0 atom stereocenters. The van der Waals surface area contributed by atoms with Crippen molar-refractivity contribution in [3.63, 3.8) is 0 Å². The van der Waals surface area contributed by atoms with Crippen LogP contribution in [0.4, 0.5) is 10.8 Å². The van der Waals surface area contributed by atoms with E-state index in [1.165, 1.54) is 39.8 Å². The van der Waals surface area contributed by atoms with Crippen LogP contribution in [0.15, 0.2) is 52.9 Å². The number of hydrogen-bond acceptors (Lipinski definition) is 6. The summed E-state index contributed by atoms with van der Waals surface area (Å²) in [6.45, 7) is 4.77. The molecule has 0 aliphatic heterocycles. The monoisotopic (exact) mass is 398 g/mol. The number of aryl methyl sites for hydroxylation is 2.